The van der Waals surface area contributed by atoms with Crippen molar-refractivity contribution in [1.82, 2.24) is 5.32 Å². The minimum absolute atomic E-state index is 0.630. The molecule has 0 aliphatic carbocycles. The largest absolute Gasteiger partial charge is 0.363 e. The van der Waals surface area contributed by atoms with Crippen molar-refractivity contribution in [2.24, 2.45) is 0 Å². The van der Waals surface area contributed by atoms with Gasteiger partial charge in [-0.05, 0) is 50.3 Å². The monoisotopic (exact) mass is 285 g/mol. The first-order valence-electron chi connectivity index (χ1n) is 6.66. The van der Waals surface area contributed by atoms with Crippen molar-refractivity contribution in [2.75, 3.05) is 17.2 Å². The zero-order valence-corrected chi connectivity index (χ0v) is 12.6. The second kappa shape index (κ2) is 6.91. The van der Waals surface area contributed by atoms with Gasteiger partial charge < -0.3 is 16.0 Å². The Balaban J connectivity index is 2.15. The summed E-state index contributed by atoms with van der Waals surface area (Å²) in [4.78, 5) is 0. The van der Waals surface area contributed by atoms with Crippen LogP contribution in [0.4, 0.5) is 17.1 Å². The van der Waals surface area contributed by atoms with Crippen LogP contribution in [0.15, 0.2) is 48.5 Å². The van der Waals surface area contributed by atoms with E-state index in [2.05, 4.69) is 47.1 Å². The number of anilines is 3. The highest BCUT2D eigenvalue weighted by molar-refractivity contribution is 7.80. The summed E-state index contributed by atoms with van der Waals surface area (Å²) in [7, 11) is 0. The Morgan fingerprint density at radius 1 is 1.00 bits per heavy atom. The van der Waals surface area contributed by atoms with E-state index in [9.17, 15) is 0 Å². The fourth-order valence-electron chi connectivity index (χ4n) is 1.82. The van der Waals surface area contributed by atoms with E-state index in [0.717, 1.165) is 23.6 Å². The molecule has 0 aliphatic heterocycles. The van der Waals surface area contributed by atoms with Crippen LogP contribution < -0.4 is 16.0 Å². The van der Waals surface area contributed by atoms with Crippen LogP contribution in [0.1, 0.15) is 12.5 Å². The quantitative estimate of drug-likeness (QED) is 0.741. The van der Waals surface area contributed by atoms with Crippen molar-refractivity contribution in [2.45, 2.75) is 13.8 Å². The Morgan fingerprint density at radius 2 is 1.65 bits per heavy atom. The summed E-state index contributed by atoms with van der Waals surface area (Å²) in [5.74, 6) is 0. The number of benzene rings is 2. The maximum atomic E-state index is 5.23. The van der Waals surface area contributed by atoms with Gasteiger partial charge in [0, 0.05) is 12.2 Å². The Morgan fingerprint density at radius 3 is 2.30 bits per heavy atom. The molecule has 3 nitrogen and oxygen atoms in total. The third-order valence-corrected chi connectivity index (χ3v) is 3.09. The van der Waals surface area contributed by atoms with Crippen LogP contribution in [0, 0.1) is 6.92 Å². The van der Waals surface area contributed by atoms with Crippen LogP contribution in [0.5, 0.6) is 0 Å². The molecule has 0 spiro atoms. The molecule has 0 saturated carbocycles. The molecular formula is C16H19N3S. The zero-order chi connectivity index (χ0) is 14.4. The van der Waals surface area contributed by atoms with Gasteiger partial charge in [-0.15, -0.1) is 0 Å². The Kier molecular flexibility index (Phi) is 4.96. The van der Waals surface area contributed by atoms with Crippen molar-refractivity contribution in [3.05, 3.63) is 54.1 Å². The van der Waals surface area contributed by atoms with Gasteiger partial charge in [0.15, 0.2) is 5.11 Å². The molecule has 0 radical (unpaired) electrons. The second-order valence-corrected chi connectivity index (χ2v) is 4.93. The number of hydrogen-bond acceptors (Lipinski definition) is 2. The minimum Gasteiger partial charge on any atom is -0.363 e. The molecule has 2 rings (SSSR count). The van der Waals surface area contributed by atoms with Crippen LogP contribution >= 0.6 is 12.2 Å². The summed E-state index contributed by atoms with van der Waals surface area (Å²) in [5, 5.41) is 10.3. The van der Waals surface area contributed by atoms with E-state index < -0.39 is 0 Å². The summed E-state index contributed by atoms with van der Waals surface area (Å²) < 4.78 is 0. The highest BCUT2D eigenvalue weighted by atomic mass is 32.1. The molecule has 0 fully saturated rings. The zero-order valence-electron chi connectivity index (χ0n) is 11.7. The van der Waals surface area contributed by atoms with E-state index in [4.69, 9.17) is 12.2 Å². The summed E-state index contributed by atoms with van der Waals surface area (Å²) >= 11 is 5.23. The van der Waals surface area contributed by atoms with Crippen LogP contribution in [0.2, 0.25) is 0 Å². The maximum absolute atomic E-state index is 5.23. The lowest BCUT2D eigenvalue weighted by Crippen LogP contribution is -2.28. The number of hydrogen-bond donors (Lipinski definition) is 3. The summed E-state index contributed by atoms with van der Waals surface area (Å²) in [6, 6.07) is 16.3. The van der Waals surface area contributed by atoms with Gasteiger partial charge in [0.2, 0.25) is 0 Å². The lowest BCUT2D eigenvalue weighted by atomic mass is 10.2. The highest BCUT2D eigenvalue weighted by Crippen LogP contribution is 2.25. The fourth-order valence-corrected chi connectivity index (χ4v) is 2.07. The molecule has 2 aromatic carbocycles. The van der Waals surface area contributed by atoms with Crippen molar-refractivity contribution in [3.8, 4) is 0 Å². The van der Waals surface area contributed by atoms with E-state index >= 15 is 0 Å². The van der Waals surface area contributed by atoms with Crippen molar-refractivity contribution < 1.29 is 0 Å². The number of aryl methyl sites for hydroxylation is 1. The summed E-state index contributed by atoms with van der Waals surface area (Å²) in [6.07, 6.45) is 0. The average Bonchev–Trinajstić information content (AvgIpc) is 2.44. The number of para-hydroxylation sites is 2. The Hall–Kier alpha value is -2.07. The van der Waals surface area contributed by atoms with E-state index in [1.165, 1.54) is 5.56 Å². The van der Waals surface area contributed by atoms with E-state index in [1.807, 2.05) is 31.2 Å². The number of thiocarbonyl (C=S) groups is 1. The van der Waals surface area contributed by atoms with Gasteiger partial charge in [0.25, 0.3) is 0 Å². The SMILES string of the molecule is CCNC(=S)Nc1ccccc1Nc1ccc(C)cc1. The van der Waals surface area contributed by atoms with Crippen LogP contribution in [0.25, 0.3) is 0 Å². The van der Waals surface area contributed by atoms with Crippen LogP contribution in [-0.2, 0) is 0 Å². The van der Waals surface area contributed by atoms with Gasteiger partial charge in [-0.2, -0.15) is 0 Å². The predicted molar refractivity (Wildman–Crippen MR) is 90.8 cm³/mol. The highest BCUT2D eigenvalue weighted by Gasteiger charge is 2.03. The van der Waals surface area contributed by atoms with E-state index in [1.54, 1.807) is 0 Å². The molecule has 0 amide bonds. The topological polar surface area (TPSA) is 36.1 Å². The van der Waals surface area contributed by atoms with Gasteiger partial charge in [0.05, 0.1) is 11.4 Å². The van der Waals surface area contributed by atoms with Crippen molar-refractivity contribution >= 4 is 34.4 Å². The third-order valence-electron chi connectivity index (χ3n) is 2.84. The molecular weight excluding hydrogens is 266 g/mol. The first-order chi connectivity index (χ1) is 9.69. The normalized spacial score (nSPS) is 9.90. The molecule has 0 heterocycles. The van der Waals surface area contributed by atoms with E-state index in [0.29, 0.717) is 5.11 Å². The molecule has 0 atom stereocenters. The number of nitrogens with one attached hydrogen (secondary N) is 3. The van der Waals surface area contributed by atoms with Gasteiger partial charge >= 0.3 is 0 Å². The van der Waals surface area contributed by atoms with Gasteiger partial charge in [-0.1, -0.05) is 29.8 Å². The molecule has 0 aromatic heterocycles. The average molecular weight is 285 g/mol. The third kappa shape index (κ3) is 3.96. The molecule has 20 heavy (non-hydrogen) atoms. The summed E-state index contributed by atoms with van der Waals surface area (Å²) in [5.41, 5.74) is 4.25. The van der Waals surface area contributed by atoms with Crippen molar-refractivity contribution in [3.63, 3.8) is 0 Å². The Bertz CT molecular complexity index is 579. The van der Waals surface area contributed by atoms with Gasteiger partial charge in [-0.3, -0.25) is 0 Å². The first-order valence-corrected chi connectivity index (χ1v) is 7.07. The fraction of sp³-hybridized carbons (Fsp3) is 0.188. The van der Waals surface area contributed by atoms with Crippen LogP contribution in [-0.4, -0.2) is 11.7 Å². The Labute approximate surface area is 125 Å². The second-order valence-electron chi connectivity index (χ2n) is 4.52. The van der Waals surface area contributed by atoms with Gasteiger partial charge in [0.1, 0.15) is 0 Å². The van der Waals surface area contributed by atoms with Crippen molar-refractivity contribution in [1.29, 1.82) is 0 Å². The molecule has 0 unspecified atom stereocenters. The maximum Gasteiger partial charge on any atom is 0.170 e. The summed E-state index contributed by atoms with van der Waals surface area (Å²) in [6.45, 7) is 4.90. The number of rotatable bonds is 4. The molecule has 104 valence electrons. The van der Waals surface area contributed by atoms with Gasteiger partial charge in [-0.25, -0.2) is 0 Å². The standard InChI is InChI=1S/C16H19N3S/c1-3-17-16(20)19-15-7-5-4-6-14(15)18-13-10-8-12(2)9-11-13/h4-11,18H,3H2,1-2H3,(H2,17,19,20). The lowest BCUT2D eigenvalue weighted by Gasteiger charge is -2.15. The van der Waals surface area contributed by atoms with E-state index in [-0.39, 0.29) is 0 Å². The molecule has 0 saturated heterocycles. The lowest BCUT2D eigenvalue weighted by molar-refractivity contribution is 0.979. The van der Waals surface area contributed by atoms with Crippen LogP contribution in [0.3, 0.4) is 0 Å². The molecule has 0 bridgehead atoms. The smallest absolute Gasteiger partial charge is 0.170 e. The minimum atomic E-state index is 0.630. The molecule has 3 N–H and O–H groups in total. The molecule has 4 heteroatoms. The predicted octanol–water partition coefficient (Wildman–Crippen LogP) is 4.04. The molecule has 0 aliphatic rings. The first kappa shape index (κ1) is 14.3. The molecule has 2 aromatic rings.